The predicted octanol–water partition coefficient (Wildman–Crippen LogP) is 4.49. The number of carbonyl (C=O) groups excluding carboxylic acids is 4. The largest absolute Gasteiger partial charge is 0.445 e. The predicted molar refractivity (Wildman–Crippen MR) is 207 cm³/mol. The SMILES string of the molecule is CCN(C=O)C1CCN(C(=O)OCc2ccccc2)CC1.CCN(C=O)C1CCNCC1.CCNC1CCN(C(=O)OCc2ccccc2)CC1.CO. The highest BCUT2D eigenvalue weighted by Gasteiger charge is 2.27. The summed E-state index contributed by atoms with van der Waals surface area (Å²) in [5, 5.41) is 13.7. The van der Waals surface area contributed by atoms with Crippen molar-refractivity contribution in [3.8, 4) is 0 Å². The van der Waals surface area contributed by atoms with E-state index in [0.717, 1.165) is 109 Å². The van der Waals surface area contributed by atoms with Crippen molar-refractivity contribution >= 4 is 25.0 Å². The van der Waals surface area contributed by atoms with Crippen LogP contribution in [0.15, 0.2) is 60.7 Å². The molecule has 0 aliphatic carbocycles. The van der Waals surface area contributed by atoms with Gasteiger partial charge in [0, 0.05) is 64.5 Å². The minimum absolute atomic E-state index is 0.196. The molecule has 0 atom stereocenters. The lowest BCUT2D eigenvalue weighted by Crippen LogP contribution is -2.46. The summed E-state index contributed by atoms with van der Waals surface area (Å²) in [4.78, 5) is 52.6. The van der Waals surface area contributed by atoms with Gasteiger partial charge in [-0.15, -0.1) is 0 Å². The topological polar surface area (TPSA) is 144 Å². The molecule has 3 fully saturated rings. The summed E-state index contributed by atoms with van der Waals surface area (Å²) in [5.41, 5.74) is 2.01. The number of ether oxygens (including phenoxy) is 2. The van der Waals surface area contributed by atoms with E-state index in [4.69, 9.17) is 14.6 Å². The molecular weight excluding hydrogens is 676 g/mol. The summed E-state index contributed by atoms with van der Waals surface area (Å²) < 4.78 is 10.6. The lowest BCUT2D eigenvalue weighted by atomic mass is 10.0. The monoisotopic (exact) mass is 740 g/mol. The van der Waals surface area contributed by atoms with Crippen LogP contribution >= 0.6 is 0 Å². The third kappa shape index (κ3) is 17.0. The number of nitrogens with one attached hydrogen (secondary N) is 2. The van der Waals surface area contributed by atoms with Crippen LogP contribution in [-0.2, 0) is 32.3 Å². The van der Waals surface area contributed by atoms with Crippen LogP contribution in [0.25, 0.3) is 0 Å². The third-order valence-corrected chi connectivity index (χ3v) is 9.63. The fraction of sp³-hybridized carbons (Fsp3) is 0.600. The molecule has 3 aliphatic rings. The molecule has 53 heavy (non-hydrogen) atoms. The Balaban J connectivity index is 0.000000280. The number of nitrogens with zero attached hydrogens (tertiary/aromatic N) is 4. The first kappa shape index (κ1) is 45.0. The van der Waals surface area contributed by atoms with Gasteiger partial charge in [-0.1, -0.05) is 67.6 Å². The molecule has 0 aromatic heterocycles. The fourth-order valence-electron chi connectivity index (χ4n) is 6.53. The molecule has 0 spiro atoms. The van der Waals surface area contributed by atoms with Gasteiger partial charge in [-0.25, -0.2) is 9.59 Å². The molecule has 13 heteroatoms. The van der Waals surface area contributed by atoms with Gasteiger partial charge in [0.25, 0.3) is 0 Å². The molecule has 0 unspecified atom stereocenters. The second kappa shape index (κ2) is 27.4. The molecule has 3 heterocycles. The molecule has 0 bridgehead atoms. The van der Waals surface area contributed by atoms with Gasteiger partial charge in [-0.05, 0) is 83.1 Å². The Morgan fingerprint density at radius 3 is 1.47 bits per heavy atom. The van der Waals surface area contributed by atoms with Crippen LogP contribution in [0.5, 0.6) is 0 Å². The number of rotatable bonds is 12. The Labute approximate surface area is 317 Å². The molecule has 296 valence electrons. The van der Waals surface area contributed by atoms with Gasteiger partial charge in [0.15, 0.2) is 0 Å². The zero-order chi connectivity index (χ0) is 38.7. The Morgan fingerprint density at radius 1 is 0.698 bits per heavy atom. The zero-order valence-electron chi connectivity index (χ0n) is 32.4. The summed E-state index contributed by atoms with van der Waals surface area (Å²) in [6.07, 6.45) is 7.25. The van der Waals surface area contributed by atoms with E-state index in [9.17, 15) is 19.2 Å². The Morgan fingerprint density at radius 2 is 1.09 bits per heavy atom. The molecule has 0 radical (unpaired) electrons. The van der Waals surface area contributed by atoms with Gasteiger partial charge in [0.2, 0.25) is 12.8 Å². The standard InChI is InChI=1S/C16H22N2O3.C15H22N2O2.C8H16N2O.CH4O/c1-2-17(13-19)15-8-10-18(11-9-15)16(20)21-12-14-6-4-3-5-7-14;1-2-16-14-8-10-17(11-9-14)15(18)19-12-13-6-4-3-5-7-13;1-2-10(7-11)8-3-5-9-6-4-8;1-2/h3-7,13,15H,2,8-12H2,1H3;3-7,14,16H,2,8-12H2,1H3;7-9H,2-6H2,1H3;2H,1H3. The van der Waals surface area contributed by atoms with Crippen LogP contribution in [0, 0.1) is 0 Å². The van der Waals surface area contributed by atoms with E-state index in [1.165, 1.54) is 0 Å². The third-order valence-electron chi connectivity index (χ3n) is 9.63. The quantitative estimate of drug-likeness (QED) is 0.268. The van der Waals surface area contributed by atoms with Crippen LogP contribution in [0.3, 0.4) is 0 Å². The first-order valence-corrected chi connectivity index (χ1v) is 19.1. The highest BCUT2D eigenvalue weighted by atomic mass is 16.6. The highest BCUT2D eigenvalue weighted by molar-refractivity contribution is 5.68. The van der Waals surface area contributed by atoms with Crippen molar-refractivity contribution < 1.29 is 33.8 Å². The van der Waals surface area contributed by atoms with E-state index in [0.29, 0.717) is 44.9 Å². The smallest absolute Gasteiger partial charge is 0.410 e. The van der Waals surface area contributed by atoms with Crippen molar-refractivity contribution in [3.05, 3.63) is 71.8 Å². The number of piperidine rings is 3. The first-order chi connectivity index (χ1) is 25.9. The first-order valence-electron chi connectivity index (χ1n) is 19.1. The number of aliphatic hydroxyl groups excluding tert-OH is 1. The number of carbonyl (C=O) groups is 4. The molecule has 13 nitrogen and oxygen atoms in total. The van der Waals surface area contributed by atoms with Crippen LogP contribution in [-0.4, -0.2) is 134 Å². The Hall–Kier alpha value is -4.20. The van der Waals surface area contributed by atoms with Gasteiger partial charge in [0.1, 0.15) is 13.2 Å². The number of benzene rings is 2. The van der Waals surface area contributed by atoms with Crippen molar-refractivity contribution in [1.29, 1.82) is 0 Å². The normalized spacial score (nSPS) is 16.2. The maximum absolute atomic E-state index is 12.0. The van der Waals surface area contributed by atoms with Crippen molar-refractivity contribution in [2.75, 3.05) is 66.0 Å². The molecule has 2 aromatic carbocycles. The van der Waals surface area contributed by atoms with E-state index in [2.05, 4.69) is 17.6 Å². The molecule has 3 aliphatic heterocycles. The summed E-state index contributed by atoms with van der Waals surface area (Å²) in [6, 6.07) is 20.7. The molecule has 3 saturated heterocycles. The van der Waals surface area contributed by atoms with E-state index < -0.39 is 0 Å². The maximum Gasteiger partial charge on any atom is 0.410 e. The van der Waals surface area contributed by atoms with Crippen LogP contribution in [0.2, 0.25) is 0 Å². The van der Waals surface area contributed by atoms with Crippen molar-refractivity contribution in [3.63, 3.8) is 0 Å². The van der Waals surface area contributed by atoms with Crippen LogP contribution in [0.1, 0.15) is 70.4 Å². The van der Waals surface area contributed by atoms with Crippen molar-refractivity contribution in [1.82, 2.24) is 30.2 Å². The van der Waals surface area contributed by atoms with Gasteiger partial charge in [-0.3, -0.25) is 9.59 Å². The average Bonchev–Trinajstić information content (AvgIpc) is 3.23. The molecule has 5 rings (SSSR count). The summed E-state index contributed by atoms with van der Waals surface area (Å²) in [7, 11) is 1.00. The number of likely N-dealkylation sites (tertiary alicyclic amines) is 2. The van der Waals surface area contributed by atoms with Crippen LogP contribution < -0.4 is 10.6 Å². The van der Waals surface area contributed by atoms with Gasteiger partial charge in [-0.2, -0.15) is 0 Å². The molecule has 3 N–H and O–H groups in total. The van der Waals surface area contributed by atoms with Gasteiger partial charge < -0.3 is 44.8 Å². The average molecular weight is 741 g/mol. The number of hydrogen-bond acceptors (Lipinski definition) is 9. The minimum Gasteiger partial charge on any atom is -0.445 e. The molecular formula is C40H64N6O7. The zero-order valence-corrected chi connectivity index (χ0v) is 32.4. The molecule has 4 amide bonds. The van der Waals surface area contributed by atoms with E-state index in [1.54, 1.807) is 14.7 Å². The van der Waals surface area contributed by atoms with Crippen LogP contribution in [0.4, 0.5) is 9.59 Å². The second-order valence-electron chi connectivity index (χ2n) is 13.0. The number of aliphatic hydroxyl groups is 1. The summed E-state index contributed by atoms with van der Waals surface area (Å²) in [5.74, 6) is 0. The van der Waals surface area contributed by atoms with Crippen molar-refractivity contribution in [2.45, 2.75) is 90.6 Å². The minimum atomic E-state index is -0.272. The summed E-state index contributed by atoms with van der Waals surface area (Å²) in [6.45, 7) is 14.3. The molecule has 0 saturated carbocycles. The van der Waals surface area contributed by atoms with E-state index in [-0.39, 0.29) is 18.2 Å². The lowest BCUT2D eigenvalue weighted by molar-refractivity contribution is -0.121. The number of hydrogen-bond donors (Lipinski definition) is 3. The highest BCUT2D eigenvalue weighted by Crippen LogP contribution is 2.17. The lowest BCUT2D eigenvalue weighted by Gasteiger charge is -2.35. The van der Waals surface area contributed by atoms with E-state index >= 15 is 0 Å². The Bertz CT molecular complexity index is 1250. The second-order valence-corrected chi connectivity index (χ2v) is 13.0. The molecule has 2 aromatic rings. The van der Waals surface area contributed by atoms with Gasteiger partial charge >= 0.3 is 12.2 Å². The Kier molecular flexibility index (Phi) is 23.3. The number of amides is 4. The maximum atomic E-state index is 12.0. The summed E-state index contributed by atoms with van der Waals surface area (Å²) >= 11 is 0. The van der Waals surface area contributed by atoms with Crippen molar-refractivity contribution in [2.24, 2.45) is 0 Å². The van der Waals surface area contributed by atoms with E-state index in [1.807, 2.05) is 79.4 Å². The van der Waals surface area contributed by atoms with Gasteiger partial charge in [0.05, 0.1) is 0 Å². The fourth-order valence-corrected chi connectivity index (χ4v) is 6.53.